The molecule has 0 aliphatic heterocycles. The van der Waals surface area contributed by atoms with Gasteiger partial charge in [-0.25, -0.2) is 0 Å². The fourth-order valence-corrected chi connectivity index (χ4v) is 5.60. The van der Waals surface area contributed by atoms with E-state index in [-0.39, 0.29) is 0 Å². The number of unbranched alkanes of at least 4 members (excludes halogenated alkanes) is 6. The zero-order chi connectivity index (χ0) is 13.0. The molecule has 2 nitrogen and oxygen atoms in total. The summed E-state index contributed by atoms with van der Waals surface area (Å²) in [4.78, 5) is 4.46. The van der Waals surface area contributed by atoms with Gasteiger partial charge in [-0.2, -0.15) is 0 Å². The Balaban J connectivity index is 3.38. The van der Waals surface area contributed by atoms with Gasteiger partial charge < -0.3 is 0 Å². The van der Waals surface area contributed by atoms with Crippen molar-refractivity contribution in [1.82, 2.24) is 0 Å². The molecule has 0 spiro atoms. The van der Waals surface area contributed by atoms with E-state index in [1.54, 1.807) is 0 Å². The first-order valence-corrected chi connectivity index (χ1v) is 15.4. The molecule has 0 atom stereocenters. The fourth-order valence-electron chi connectivity index (χ4n) is 1.74. The molecule has 0 N–H and O–H groups in total. The van der Waals surface area contributed by atoms with Gasteiger partial charge in [-0.05, 0) is 0 Å². The molecule has 0 unspecified atom stereocenters. The molecule has 17 heavy (non-hydrogen) atoms. The third-order valence-corrected chi connectivity index (χ3v) is 8.03. The maximum absolute atomic E-state index is 5.97. The Morgan fingerprint density at radius 2 is 1.06 bits per heavy atom. The molecule has 0 rings (SSSR count). The standard InChI is InChI=1S/2C6H13O.2CH3.Sn/c2*1-2-3-4-5-6-7;;;/h2*2-6H2,1H3;2*1H3;/q2*-1;;;+2. The summed E-state index contributed by atoms with van der Waals surface area (Å²) in [6.45, 7) is 6.31. The Kier molecular flexibility index (Phi) is 12.3. The Hall–Kier alpha value is 0.719. The van der Waals surface area contributed by atoms with Crippen LogP contribution in [0.1, 0.15) is 65.2 Å². The van der Waals surface area contributed by atoms with Gasteiger partial charge in [0.15, 0.2) is 0 Å². The van der Waals surface area contributed by atoms with Gasteiger partial charge in [0, 0.05) is 0 Å². The van der Waals surface area contributed by atoms with Gasteiger partial charge in [0.25, 0.3) is 0 Å². The summed E-state index contributed by atoms with van der Waals surface area (Å²) >= 11 is -2.55. The van der Waals surface area contributed by atoms with E-state index in [2.05, 4.69) is 23.7 Å². The molecule has 3 heteroatoms. The Morgan fingerprint density at radius 1 is 0.647 bits per heavy atom. The first kappa shape index (κ1) is 17.7. The molecule has 0 saturated heterocycles. The van der Waals surface area contributed by atoms with E-state index in [4.69, 9.17) is 6.15 Å². The van der Waals surface area contributed by atoms with Crippen LogP contribution in [0.5, 0.6) is 0 Å². The van der Waals surface area contributed by atoms with Gasteiger partial charge in [-0.1, -0.05) is 0 Å². The van der Waals surface area contributed by atoms with Gasteiger partial charge in [-0.15, -0.1) is 0 Å². The summed E-state index contributed by atoms with van der Waals surface area (Å²) in [7, 11) is 0. The van der Waals surface area contributed by atoms with Crippen LogP contribution in [-0.2, 0) is 6.15 Å². The van der Waals surface area contributed by atoms with Crippen LogP contribution in [0.15, 0.2) is 0 Å². The quantitative estimate of drug-likeness (QED) is 0.369. The van der Waals surface area contributed by atoms with E-state index in [1.165, 1.54) is 51.4 Å². The summed E-state index contributed by atoms with van der Waals surface area (Å²) in [6, 6.07) is 0. The molecule has 0 radical (unpaired) electrons. The van der Waals surface area contributed by atoms with Crippen molar-refractivity contribution in [3.63, 3.8) is 0 Å². The zero-order valence-corrected chi connectivity index (χ0v) is 15.2. The van der Waals surface area contributed by atoms with Crippen molar-refractivity contribution in [2.24, 2.45) is 0 Å². The van der Waals surface area contributed by atoms with Gasteiger partial charge in [0.05, 0.1) is 0 Å². The van der Waals surface area contributed by atoms with E-state index < -0.39 is 19.2 Å². The summed E-state index contributed by atoms with van der Waals surface area (Å²) in [5.41, 5.74) is 0. The monoisotopic (exact) mass is 352 g/mol. The molecule has 0 fully saturated rings. The van der Waals surface area contributed by atoms with Crippen LogP contribution in [0, 0.1) is 0 Å². The van der Waals surface area contributed by atoms with Crippen molar-refractivity contribution < 1.29 is 6.15 Å². The third kappa shape index (κ3) is 13.0. The van der Waals surface area contributed by atoms with E-state index in [1.807, 2.05) is 0 Å². The molecule has 0 heterocycles. The second-order valence-electron chi connectivity index (χ2n) is 5.22. The van der Waals surface area contributed by atoms with Gasteiger partial charge in [-0.3, -0.25) is 0 Å². The minimum absolute atomic E-state index is 0.915. The number of hydrogen-bond donors (Lipinski definition) is 0. The molecule has 0 aliphatic rings. The molecule has 0 aliphatic carbocycles. The average molecular weight is 351 g/mol. The minimum atomic E-state index is -2.55. The predicted octanol–water partition coefficient (Wildman–Crippen LogP) is 4.88. The molecule has 0 saturated carbocycles. The van der Waals surface area contributed by atoms with Crippen molar-refractivity contribution in [2.75, 3.05) is 13.2 Å². The van der Waals surface area contributed by atoms with Crippen LogP contribution in [0.3, 0.4) is 0 Å². The van der Waals surface area contributed by atoms with E-state index in [0.717, 1.165) is 13.2 Å². The Morgan fingerprint density at radius 3 is 1.41 bits per heavy atom. The van der Waals surface area contributed by atoms with Crippen molar-refractivity contribution >= 4 is 19.2 Å². The van der Waals surface area contributed by atoms with Crippen molar-refractivity contribution in [2.45, 2.75) is 75.1 Å². The second-order valence-corrected chi connectivity index (χ2v) is 14.9. The third-order valence-electron chi connectivity index (χ3n) is 2.90. The van der Waals surface area contributed by atoms with E-state index in [0.29, 0.717) is 0 Å². The van der Waals surface area contributed by atoms with Crippen LogP contribution in [0.2, 0.25) is 9.88 Å². The molecule has 0 aromatic heterocycles. The zero-order valence-electron chi connectivity index (χ0n) is 12.4. The SMILES string of the molecule is CCCCCC[O][Sn]([CH3])([CH3])[O]CCCCCC. The molecule has 0 aromatic rings. The Bertz CT molecular complexity index is 144. The van der Waals surface area contributed by atoms with E-state index in [9.17, 15) is 0 Å². The van der Waals surface area contributed by atoms with Crippen molar-refractivity contribution in [3.8, 4) is 0 Å². The van der Waals surface area contributed by atoms with Crippen LogP contribution in [-0.4, -0.2) is 32.4 Å². The van der Waals surface area contributed by atoms with Crippen molar-refractivity contribution in [3.05, 3.63) is 0 Å². The molecule has 0 bridgehead atoms. The molecule has 104 valence electrons. The topological polar surface area (TPSA) is 18.5 Å². The van der Waals surface area contributed by atoms with Gasteiger partial charge >= 0.3 is 114 Å². The van der Waals surface area contributed by atoms with E-state index >= 15 is 0 Å². The predicted molar refractivity (Wildman–Crippen MR) is 77.7 cm³/mol. The summed E-state index contributed by atoms with van der Waals surface area (Å²) in [5, 5.41) is 0. The van der Waals surface area contributed by atoms with Gasteiger partial charge in [0.2, 0.25) is 0 Å². The van der Waals surface area contributed by atoms with Crippen molar-refractivity contribution in [1.29, 1.82) is 0 Å². The first-order valence-electron chi connectivity index (χ1n) is 7.40. The average Bonchev–Trinajstić information content (AvgIpc) is 2.28. The van der Waals surface area contributed by atoms with Crippen LogP contribution in [0.25, 0.3) is 0 Å². The number of hydrogen-bond acceptors (Lipinski definition) is 2. The molecular formula is C14H32O2Sn. The van der Waals surface area contributed by atoms with Crippen LogP contribution >= 0.6 is 0 Å². The molecule has 0 amide bonds. The first-order chi connectivity index (χ1) is 8.12. The summed E-state index contributed by atoms with van der Waals surface area (Å²) in [5.74, 6) is 0. The number of rotatable bonds is 12. The fraction of sp³-hybridized carbons (Fsp3) is 1.00. The van der Waals surface area contributed by atoms with Crippen LogP contribution in [0.4, 0.5) is 0 Å². The van der Waals surface area contributed by atoms with Gasteiger partial charge in [0.1, 0.15) is 0 Å². The molecular weight excluding hydrogens is 319 g/mol. The summed E-state index contributed by atoms with van der Waals surface area (Å²) in [6.07, 6.45) is 10.3. The summed E-state index contributed by atoms with van der Waals surface area (Å²) < 4.78 is 11.9. The maximum atomic E-state index is 5.97. The normalized spacial score (nSPS) is 12.0. The molecule has 0 aromatic carbocycles. The van der Waals surface area contributed by atoms with Crippen LogP contribution < -0.4 is 0 Å². The second kappa shape index (κ2) is 11.8. The Labute approximate surface area is 113 Å².